The van der Waals surface area contributed by atoms with E-state index in [4.69, 9.17) is 4.42 Å². The summed E-state index contributed by atoms with van der Waals surface area (Å²) >= 11 is 0. The van der Waals surface area contributed by atoms with Crippen LogP contribution in [0.25, 0.3) is 0 Å². The van der Waals surface area contributed by atoms with Gasteiger partial charge in [0.15, 0.2) is 0 Å². The van der Waals surface area contributed by atoms with Crippen molar-refractivity contribution in [2.24, 2.45) is 0 Å². The third-order valence-electron chi connectivity index (χ3n) is 5.38. The third kappa shape index (κ3) is 3.48. The molecule has 0 radical (unpaired) electrons. The van der Waals surface area contributed by atoms with Crippen LogP contribution in [0.15, 0.2) is 10.5 Å². The molecule has 1 unspecified atom stereocenters. The van der Waals surface area contributed by atoms with E-state index >= 15 is 0 Å². The predicted octanol–water partition coefficient (Wildman–Crippen LogP) is 2.50. The van der Waals surface area contributed by atoms with Crippen LogP contribution in [0, 0.1) is 13.8 Å². The lowest BCUT2D eigenvalue weighted by atomic mass is 9.92. The van der Waals surface area contributed by atoms with E-state index in [1.807, 2.05) is 0 Å². The molecule has 1 aromatic heterocycles. The van der Waals surface area contributed by atoms with Gasteiger partial charge in [0.05, 0.1) is 0 Å². The Hall–Kier alpha value is -2.31. The van der Waals surface area contributed by atoms with Gasteiger partial charge in [-0.05, 0) is 39.7 Å². The first-order valence-electron chi connectivity index (χ1n) is 9.32. The van der Waals surface area contributed by atoms with Crippen LogP contribution in [-0.4, -0.2) is 35.3 Å². The second-order valence-corrected chi connectivity index (χ2v) is 7.53. The first kappa shape index (κ1) is 18.5. The average molecular weight is 361 g/mol. The maximum atomic E-state index is 12.9. The van der Waals surface area contributed by atoms with Crippen LogP contribution in [0.5, 0.6) is 0 Å². The van der Waals surface area contributed by atoms with E-state index in [-0.39, 0.29) is 18.5 Å². The summed E-state index contributed by atoms with van der Waals surface area (Å²) in [6.07, 6.45) is 6.51. The second kappa shape index (κ2) is 7.13. The summed E-state index contributed by atoms with van der Waals surface area (Å²) in [5.74, 6) is 0.543. The molecule has 1 aliphatic heterocycles. The van der Waals surface area contributed by atoms with Gasteiger partial charge in [0, 0.05) is 11.6 Å². The number of furan rings is 1. The summed E-state index contributed by atoms with van der Waals surface area (Å²) in [6, 6.07) is 1.34. The molecule has 7 heteroatoms. The van der Waals surface area contributed by atoms with Gasteiger partial charge in [0.2, 0.25) is 5.91 Å². The van der Waals surface area contributed by atoms with Crippen LogP contribution in [-0.2, 0) is 15.1 Å². The number of hydrogen-bond donors (Lipinski definition) is 2. The van der Waals surface area contributed by atoms with Gasteiger partial charge in [-0.3, -0.25) is 14.5 Å². The normalized spacial score (nSPS) is 24.5. The molecule has 2 fully saturated rings. The summed E-state index contributed by atoms with van der Waals surface area (Å²) in [5.41, 5.74) is -0.582. The number of nitrogens with one attached hydrogen (secondary N) is 2. The molecule has 0 bridgehead atoms. The molecule has 142 valence electrons. The highest BCUT2D eigenvalue weighted by Gasteiger charge is 2.51. The van der Waals surface area contributed by atoms with E-state index in [1.165, 1.54) is 12.8 Å². The molecule has 0 aromatic carbocycles. The number of aryl methyl sites for hydroxylation is 2. The van der Waals surface area contributed by atoms with Gasteiger partial charge >= 0.3 is 6.03 Å². The number of hydrogen-bond acceptors (Lipinski definition) is 4. The van der Waals surface area contributed by atoms with Gasteiger partial charge in [-0.2, -0.15) is 0 Å². The van der Waals surface area contributed by atoms with E-state index in [0.29, 0.717) is 17.1 Å². The van der Waals surface area contributed by atoms with Crippen molar-refractivity contribution in [3.63, 3.8) is 0 Å². The van der Waals surface area contributed by atoms with Gasteiger partial charge in [0.1, 0.15) is 23.6 Å². The van der Waals surface area contributed by atoms with E-state index in [9.17, 15) is 14.4 Å². The van der Waals surface area contributed by atoms with E-state index in [0.717, 1.165) is 30.6 Å². The van der Waals surface area contributed by atoms with Crippen LogP contribution in [0.4, 0.5) is 4.79 Å². The molecule has 1 atom stereocenters. The number of rotatable bonds is 4. The molecule has 2 N–H and O–H groups in total. The van der Waals surface area contributed by atoms with Gasteiger partial charge in [-0.25, -0.2) is 4.79 Å². The zero-order chi connectivity index (χ0) is 18.9. The van der Waals surface area contributed by atoms with Crippen molar-refractivity contribution in [2.45, 2.75) is 70.9 Å². The highest BCUT2D eigenvalue weighted by atomic mass is 16.3. The Kier molecular flexibility index (Phi) is 5.07. The number of carbonyl (C=O) groups excluding carboxylic acids is 3. The van der Waals surface area contributed by atoms with E-state index in [2.05, 4.69) is 10.6 Å². The number of nitrogens with zero attached hydrogens (tertiary/aromatic N) is 1. The van der Waals surface area contributed by atoms with Crippen LogP contribution >= 0.6 is 0 Å². The van der Waals surface area contributed by atoms with Crippen molar-refractivity contribution in [3.8, 4) is 0 Å². The minimum absolute atomic E-state index is 0.135. The van der Waals surface area contributed by atoms with Crippen LogP contribution in [0.2, 0.25) is 0 Å². The van der Waals surface area contributed by atoms with Gasteiger partial charge in [-0.15, -0.1) is 0 Å². The topological polar surface area (TPSA) is 91.7 Å². The molecule has 1 saturated carbocycles. The van der Waals surface area contributed by atoms with Gasteiger partial charge < -0.3 is 15.1 Å². The molecule has 2 aliphatic rings. The van der Waals surface area contributed by atoms with Crippen LogP contribution < -0.4 is 10.6 Å². The van der Waals surface area contributed by atoms with Gasteiger partial charge in [-0.1, -0.05) is 25.7 Å². The number of urea groups is 1. The fourth-order valence-electron chi connectivity index (χ4n) is 3.99. The highest BCUT2D eigenvalue weighted by Crippen LogP contribution is 2.32. The highest BCUT2D eigenvalue weighted by molar-refractivity contribution is 6.09. The number of carbonyl (C=O) groups is 3. The smallest absolute Gasteiger partial charge is 0.325 e. The van der Waals surface area contributed by atoms with Crippen molar-refractivity contribution in [1.29, 1.82) is 0 Å². The summed E-state index contributed by atoms with van der Waals surface area (Å²) in [6.45, 7) is 4.94. The Balaban J connectivity index is 1.69. The standard InChI is InChI=1S/C19H27N3O4/c1-12-10-15(13(2)26-12)19(3)17(24)22(18(25)21-19)11-16(23)20-14-8-6-4-5-7-9-14/h10,14H,4-9,11H2,1-3H3,(H,20,23)(H,21,25). The minimum Gasteiger partial charge on any atom is -0.466 e. The largest absolute Gasteiger partial charge is 0.466 e. The second-order valence-electron chi connectivity index (χ2n) is 7.53. The van der Waals surface area contributed by atoms with Crippen molar-refractivity contribution >= 4 is 17.8 Å². The average Bonchev–Trinajstić information content (AvgIpc) is 2.89. The van der Waals surface area contributed by atoms with Crippen LogP contribution in [0.1, 0.15) is 62.5 Å². The monoisotopic (exact) mass is 361 g/mol. The minimum atomic E-state index is -1.21. The van der Waals surface area contributed by atoms with E-state index in [1.54, 1.807) is 26.8 Å². The molecule has 7 nitrogen and oxygen atoms in total. The van der Waals surface area contributed by atoms with Crippen LogP contribution in [0.3, 0.4) is 0 Å². The summed E-state index contributed by atoms with van der Waals surface area (Å²) in [5, 5.41) is 5.70. The number of amides is 4. The third-order valence-corrected chi connectivity index (χ3v) is 5.38. The van der Waals surface area contributed by atoms with Crippen molar-refractivity contribution in [3.05, 3.63) is 23.2 Å². The fourth-order valence-corrected chi connectivity index (χ4v) is 3.99. The molecule has 2 heterocycles. The lowest BCUT2D eigenvalue weighted by Crippen LogP contribution is -2.45. The number of imide groups is 1. The molecule has 1 aliphatic carbocycles. The molecular weight excluding hydrogens is 334 g/mol. The lowest BCUT2D eigenvalue weighted by molar-refractivity contribution is -0.135. The fraction of sp³-hybridized carbons (Fsp3) is 0.632. The first-order valence-corrected chi connectivity index (χ1v) is 9.32. The summed E-state index contributed by atoms with van der Waals surface area (Å²) < 4.78 is 5.50. The maximum absolute atomic E-state index is 12.9. The summed E-state index contributed by atoms with van der Waals surface area (Å²) in [4.78, 5) is 38.6. The Morgan fingerprint density at radius 1 is 1.27 bits per heavy atom. The predicted molar refractivity (Wildman–Crippen MR) is 95.4 cm³/mol. The molecule has 3 rings (SSSR count). The Morgan fingerprint density at radius 3 is 2.50 bits per heavy atom. The Morgan fingerprint density at radius 2 is 1.92 bits per heavy atom. The van der Waals surface area contributed by atoms with Crippen molar-refractivity contribution in [2.75, 3.05) is 6.54 Å². The molecular formula is C19H27N3O4. The quantitative estimate of drug-likeness (QED) is 0.637. The molecule has 1 saturated heterocycles. The molecule has 4 amide bonds. The molecule has 0 spiro atoms. The Bertz CT molecular complexity index is 718. The lowest BCUT2D eigenvalue weighted by Gasteiger charge is -2.22. The zero-order valence-corrected chi connectivity index (χ0v) is 15.7. The summed E-state index contributed by atoms with van der Waals surface area (Å²) in [7, 11) is 0. The van der Waals surface area contributed by atoms with Crippen molar-refractivity contribution < 1.29 is 18.8 Å². The molecule has 1 aromatic rings. The zero-order valence-electron chi connectivity index (χ0n) is 15.7. The van der Waals surface area contributed by atoms with Crippen molar-refractivity contribution in [1.82, 2.24) is 15.5 Å². The van der Waals surface area contributed by atoms with Gasteiger partial charge in [0.25, 0.3) is 5.91 Å². The Labute approximate surface area is 153 Å². The SMILES string of the molecule is Cc1cc(C2(C)NC(=O)N(CC(=O)NC3CCCCCC3)C2=O)c(C)o1. The first-order chi connectivity index (χ1) is 12.3. The molecule has 26 heavy (non-hydrogen) atoms. The van der Waals surface area contributed by atoms with E-state index < -0.39 is 17.5 Å². The maximum Gasteiger partial charge on any atom is 0.325 e.